The van der Waals surface area contributed by atoms with Gasteiger partial charge < -0.3 is 9.47 Å². The molecule has 0 fully saturated rings. The highest BCUT2D eigenvalue weighted by atomic mass is 16.5. The fourth-order valence-corrected chi connectivity index (χ4v) is 1.54. The molecule has 0 atom stereocenters. The van der Waals surface area contributed by atoms with E-state index in [1.807, 2.05) is 0 Å². The number of ether oxygens (including phenoxy) is 2. The Morgan fingerprint density at radius 2 is 1.27 bits per heavy atom. The third-order valence-electron chi connectivity index (χ3n) is 2.30. The van der Waals surface area contributed by atoms with Gasteiger partial charge in [0.2, 0.25) is 11.5 Å². The van der Waals surface area contributed by atoms with Crippen LogP contribution in [0.5, 0.6) is 0 Å². The quantitative estimate of drug-likeness (QED) is 0.481. The van der Waals surface area contributed by atoms with Crippen LogP contribution < -0.4 is 0 Å². The number of carbonyl (C=O) groups is 2. The molecule has 0 radical (unpaired) electrons. The van der Waals surface area contributed by atoms with Crippen LogP contribution in [0.3, 0.4) is 0 Å². The molecule has 6 nitrogen and oxygen atoms in total. The summed E-state index contributed by atoms with van der Waals surface area (Å²) in [6, 6.07) is 10.3. The number of hydrogen-bond acceptors (Lipinski definition) is 6. The van der Waals surface area contributed by atoms with Crippen molar-refractivity contribution in [2.24, 2.45) is 0 Å². The molecule has 0 bridgehead atoms. The lowest BCUT2D eigenvalue weighted by molar-refractivity contribution is -0.137. The molecule has 0 heterocycles. The molecule has 0 unspecified atom stereocenters. The Labute approximate surface area is 127 Å². The van der Waals surface area contributed by atoms with E-state index < -0.39 is 11.9 Å². The molecule has 110 valence electrons. The Kier molecular flexibility index (Phi) is 6.09. The summed E-state index contributed by atoms with van der Waals surface area (Å²) in [5.74, 6) is -1.59. The summed E-state index contributed by atoms with van der Waals surface area (Å²) in [6.45, 7) is 2.37. The van der Waals surface area contributed by atoms with Crippen molar-refractivity contribution in [3.63, 3.8) is 0 Å². The third kappa shape index (κ3) is 5.32. The monoisotopic (exact) mass is 296 g/mol. The van der Waals surface area contributed by atoms with Crippen LogP contribution in [0.2, 0.25) is 0 Å². The molecule has 6 heteroatoms. The lowest BCUT2D eigenvalue weighted by Gasteiger charge is -2.04. The maximum Gasteiger partial charge on any atom is 0.308 e. The van der Waals surface area contributed by atoms with Crippen LogP contribution in [0.25, 0.3) is 12.2 Å². The Balaban J connectivity index is 3.25. The lowest BCUT2D eigenvalue weighted by Crippen LogP contribution is -1.98. The fraction of sp³-hybridized carbons (Fsp3) is 0.125. The second kappa shape index (κ2) is 8.03. The van der Waals surface area contributed by atoms with Gasteiger partial charge in [-0.25, -0.2) is 0 Å². The van der Waals surface area contributed by atoms with Crippen molar-refractivity contribution in [2.45, 2.75) is 13.8 Å². The predicted molar refractivity (Wildman–Crippen MR) is 77.2 cm³/mol. The van der Waals surface area contributed by atoms with Gasteiger partial charge in [-0.3, -0.25) is 9.59 Å². The normalized spacial score (nSPS) is 11.1. The molecule has 0 amide bonds. The van der Waals surface area contributed by atoms with Gasteiger partial charge in [0.05, 0.1) is 0 Å². The summed E-state index contributed by atoms with van der Waals surface area (Å²) < 4.78 is 9.49. The maximum absolute atomic E-state index is 10.9. The van der Waals surface area contributed by atoms with Crippen molar-refractivity contribution in [1.82, 2.24) is 0 Å². The summed E-state index contributed by atoms with van der Waals surface area (Å²) in [5, 5.41) is 17.9. The average Bonchev–Trinajstić information content (AvgIpc) is 2.46. The van der Waals surface area contributed by atoms with E-state index in [9.17, 15) is 9.59 Å². The minimum atomic E-state index is -0.613. The Bertz CT molecular complexity index is 670. The first kappa shape index (κ1) is 16.7. The van der Waals surface area contributed by atoms with E-state index in [4.69, 9.17) is 20.0 Å². The number of hydrogen-bond donors (Lipinski definition) is 0. The van der Waals surface area contributed by atoms with Crippen LogP contribution in [0.15, 0.2) is 35.8 Å². The summed E-state index contributed by atoms with van der Waals surface area (Å²) in [6.07, 6.45) is 2.71. The summed E-state index contributed by atoms with van der Waals surface area (Å²) in [4.78, 5) is 21.8. The van der Waals surface area contributed by atoms with Crippen LogP contribution in [-0.4, -0.2) is 11.9 Å². The SMILES string of the molecule is CC(=O)O/C(C#N)=C/c1ccccc1/C=C(\C#N)OC(C)=O. The summed E-state index contributed by atoms with van der Waals surface area (Å²) >= 11 is 0. The highest BCUT2D eigenvalue weighted by Crippen LogP contribution is 2.17. The number of benzene rings is 1. The van der Waals surface area contributed by atoms with Crippen LogP contribution in [0.1, 0.15) is 25.0 Å². The lowest BCUT2D eigenvalue weighted by atomic mass is 10.1. The molecule has 1 aromatic rings. The molecule has 0 saturated carbocycles. The first-order valence-electron chi connectivity index (χ1n) is 6.15. The van der Waals surface area contributed by atoms with Crippen molar-refractivity contribution < 1.29 is 19.1 Å². The predicted octanol–water partition coefficient (Wildman–Crippen LogP) is 2.54. The Hall–Kier alpha value is -3.38. The van der Waals surface area contributed by atoms with Crippen molar-refractivity contribution in [2.75, 3.05) is 0 Å². The topological polar surface area (TPSA) is 100 Å². The molecule has 0 N–H and O–H groups in total. The molecule has 0 aliphatic rings. The van der Waals surface area contributed by atoms with E-state index in [2.05, 4.69) is 0 Å². The fourth-order valence-electron chi connectivity index (χ4n) is 1.54. The molecular formula is C16H12N2O4. The highest BCUT2D eigenvalue weighted by Gasteiger charge is 2.06. The van der Waals surface area contributed by atoms with Gasteiger partial charge in [-0.15, -0.1) is 0 Å². The molecular weight excluding hydrogens is 284 g/mol. The zero-order chi connectivity index (χ0) is 16.5. The zero-order valence-electron chi connectivity index (χ0n) is 12.0. The van der Waals surface area contributed by atoms with Crippen molar-refractivity contribution in [1.29, 1.82) is 10.5 Å². The van der Waals surface area contributed by atoms with Gasteiger partial charge in [-0.1, -0.05) is 24.3 Å². The van der Waals surface area contributed by atoms with Gasteiger partial charge in [-0.2, -0.15) is 10.5 Å². The number of rotatable bonds is 4. The Morgan fingerprint density at radius 1 is 0.909 bits per heavy atom. The number of allylic oxidation sites excluding steroid dienone is 2. The van der Waals surface area contributed by atoms with Crippen LogP contribution in [0, 0.1) is 22.7 Å². The van der Waals surface area contributed by atoms with E-state index in [1.165, 1.54) is 26.0 Å². The second-order valence-electron chi connectivity index (χ2n) is 4.06. The van der Waals surface area contributed by atoms with Crippen LogP contribution in [-0.2, 0) is 19.1 Å². The molecule has 1 aromatic carbocycles. The molecule has 0 saturated heterocycles. The first-order valence-corrected chi connectivity index (χ1v) is 6.15. The van der Waals surface area contributed by atoms with Gasteiger partial charge in [0.15, 0.2) is 0 Å². The van der Waals surface area contributed by atoms with Gasteiger partial charge in [0.1, 0.15) is 12.1 Å². The van der Waals surface area contributed by atoms with Crippen molar-refractivity contribution in [3.05, 3.63) is 46.9 Å². The molecule has 0 aromatic heterocycles. The maximum atomic E-state index is 10.9. The second-order valence-corrected chi connectivity index (χ2v) is 4.06. The standard InChI is InChI=1S/C16H12N2O4/c1-11(19)21-15(9-17)7-13-5-3-4-6-14(13)8-16(10-18)22-12(2)20/h3-8H,1-2H3/b15-7+,16-8+. The van der Waals surface area contributed by atoms with Gasteiger partial charge in [-0.05, 0) is 23.3 Å². The number of nitrogens with zero attached hydrogens (tertiary/aromatic N) is 2. The third-order valence-corrected chi connectivity index (χ3v) is 2.30. The first-order chi connectivity index (χ1) is 10.5. The van der Waals surface area contributed by atoms with Crippen LogP contribution in [0.4, 0.5) is 0 Å². The van der Waals surface area contributed by atoms with Crippen molar-refractivity contribution >= 4 is 24.1 Å². The average molecular weight is 296 g/mol. The van der Waals surface area contributed by atoms with Gasteiger partial charge in [0.25, 0.3) is 0 Å². The number of esters is 2. The summed E-state index contributed by atoms with van der Waals surface area (Å²) in [7, 11) is 0. The largest absolute Gasteiger partial charge is 0.415 e. The molecule has 0 aliphatic heterocycles. The van der Waals surface area contributed by atoms with E-state index in [0.717, 1.165) is 0 Å². The van der Waals surface area contributed by atoms with E-state index in [1.54, 1.807) is 36.4 Å². The number of nitriles is 2. The minimum Gasteiger partial charge on any atom is -0.415 e. The van der Waals surface area contributed by atoms with Crippen LogP contribution >= 0.6 is 0 Å². The zero-order valence-corrected chi connectivity index (χ0v) is 12.0. The van der Waals surface area contributed by atoms with Gasteiger partial charge >= 0.3 is 11.9 Å². The van der Waals surface area contributed by atoms with Crippen molar-refractivity contribution in [3.8, 4) is 12.1 Å². The van der Waals surface area contributed by atoms with E-state index in [-0.39, 0.29) is 11.5 Å². The number of carbonyl (C=O) groups excluding carboxylic acids is 2. The minimum absolute atomic E-state index is 0.181. The molecule has 22 heavy (non-hydrogen) atoms. The summed E-state index contributed by atoms with van der Waals surface area (Å²) in [5.41, 5.74) is 1.06. The Morgan fingerprint density at radius 3 is 1.55 bits per heavy atom. The highest BCUT2D eigenvalue weighted by molar-refractivity contribution is 5.74. The molecule has 0 aliphatic carbocycles. The van der Waals surface area contributed by atoms with Gasteiger partial charge in [0, 0.05) is 13.8 Å². The molecule has 1 rings (SSSR count). The van der Waals surface area contributed by atoms with E-state index in [0.29, 0.717) is 11.1 Å². The molecule has 0 spiro atoms. The van der Waals surface area contributed by atoms with E-state index >= 15 is 0 Å². The smallest absolute Gasteiger partial charge is 0.308 e.